The third-order valence-corrected chi connectivity index (χ3v) is 2.25. The average molecular weight is 233 g/mol. The number of primary amides is 1. The lowest BCUT2D eigenvalue weighted by molar-refractivity contribution is -0.137. The van der Waals surface area contributed by atoms with Gasteiger partial charge in [-0.15, -0.1) is 0 Å². The van der Waals surface area contributed by atoms with Gasteiger partial charge in [-0.2, -0.15) is 13.2 Å². The monoisotopic (exact) mass is 233 g/mol. The van der Waals surface area contributed by atoms with E-state index in [2.05, 4.69) is 0 Å². The minimum Gasteiger partial charge on any atom is -0.376 e. The minimum absolute atomic E-state index is 0.0213. The maximum absolute atomic E-state index is 12.2. The molecule has 0 saturated heterocycles. The highest BCUT2D eigenvalue weighted by Gasteiger charge is 2.33. The highest BCUT2D eigenvalue weighted by molar-refractivity contribution is 5.84. The Bertz CT molecular complexity index is 396. The Kier molecular flexibility index (Phi) is 2.96. The van der Waals surface area contributed by atoms with Crippen LogP contribution < -0.4 is 5.73 Å². The third-order valence-electron chi connectivity index (χ3n) is 2.25. The normalized spacial score (nSPS) is 15.6. The molecule has 0 aliphatic carbocycles. The second-order valence-corrected chi connectivity index (χ2v) is 3.51. The first-order valence-electron chi connectivity index (χ1n) is 4.35. The number of hydrogen-bond acceptors (Lipinski definition) is 2. The van der Waals surface area contributed by atoms with Crippen molar-refractivity contribution >= 4 is 5.91 Å². The molecule has 1 aromatic carbocycles. The fourth-order valence-corrected chi connectivity index (χ4v) is 1.13. The zero-order valence-corrected chi connectivity index (χ0v) is 8.38. The summed E-state index contributed by atoms with van der Waals surface area (Å²) >= 11 is 0. The molecule has 3 nitrogen and oxygen atoms in total. The molecular weight excluding hydrogens is 223 g/mol. The summed E-state index contributed by atoms with van der Waals surface area (Å²) in [5, 5.41) is 9.60. The molecule has 88 valence electrons. The molecule has 0 fully saturated rings. The number of nitrogens with two attached hydrogens (primary N) is 1. The standard InChI is InChI=1S/C10H10F3NO2/c1-9(16,8(14)15)6-2-4-7(5-3-6)10(11,12)13/h2-5,16H,1H3,(H2,14,15). The van der Waals surface area contributed by atoms with Crippen molar-refractivity contribution in [2.24, 2.45) is 5.73 Å². The van der Waals surface area contributed by atoms with Crippen LogP contribution >= 0.6 is 0 Å². The van der Waals surface area contributed by atoms with Gasteiger partial charge < -0.3 is 10.8 Å². The van der Waals surface area contributed by atoms with Crippen LogP contribution in [-0.4, -0.2) is 11.0 Å². The first-order chi connectivity index (χ1) is 7.15. The van der Waals surface area contributed by atoms with Crippen LogP contribution in [0.25, 0.3) is 0 Å². The SMILES string of the molecule is CC(O)(C(N)=O)c1ccc(C(F)(F)F)cc1. The number of benzene rings is 1. The van der Waals surface area contributed by atoms with Gasteiger partial charge in [-0.3, -0.25) is 4.79 Å². The van der Waals surface area contributed by atoms with E-state index in [1.807, 2.05) is 0 Å². The van der Waals surface area contributed by atoms with Crippen LogP contribution in [0.2, 0.25) is 0 Å². The van der Waals surface area contributed by atoms with Gasteiger partial charge in [-0.1, -0.05) is 12.1 Å². The van der Waals surface area contributed by atoms with Gasteiger partial charge in [0, 0.05) is 0 Å². The van der Waals surface area contributed by atoms with Gasteiger partial charge in [-0.25, -0.2) is 0 Å². The quantitative estimate of drug-likeness (QED) is 0.810. The molecule has 6 heteroatoms. The number of carbonyl (C=O) groups excluding carboxylic acids is 1. The summed E-state index contributed by atoms with van der Waals surface area (Å²) in [6.07, 6.45) is -4.45. The zero-order chi connectivity index (χ0) is 12.6. The molecule has 0 radical (unpaired) electrons. The molecule has 0 aliphatic heterocycles. The average Bonchev–Trinajstić information content (AvgIpc) is 2.16. The smallest absolute Gasteiger partial charge is 0.376 e. The minimum atomic E-state index is -4.45. The van der Waals surface area contributed by atoms with Crippen LogP contribution in [0.3, 0.4) is 0 Å². The number of carbonyl (C=O) groups is 1. The molecular formula is C10H10F3NO2. The first-order valence-corrected chi connectivity index (χ1v) is 4.35. The van der Waals surface area contributed by atoms with Gasteiger partial charge in [0.25, 0.3) is 5.91 Å². The zero-order valence-electron chi connectivity index (χ0n) is 8.38. The second kappa shape index (κ2) is 3.79. The predicted octanol–water partition coefficient (Wildman–Crippen LogP) is 1.40. The summed E-state index contributed by atoms with van der Waals surface area (Å²) in [5.74, 6) is -1.02. The van der Waals surface area contributed by atoms with Gasteiger partial charge in [0.05, 0.1) is 5.56 Å². The van der Waals surface area contributed by atoms with E-state index in [1.54, 1.807) is 0 Å². The Hall–Kier alpha value is -1.56. The topological polar surface area (TPSA) is 63.3 Å². The van der Waals surface area contributed by atoms with E-state index in [4.69, 9.17) is 5.73 Å². The molecule has 0 bridgehead atoms. The van der Waals surface area contributed by atoms with Crippen LogP contribution in [-0.2, 0) is 16.6 Å². The molecule has 0 aromatic heterocycles. The number of halogens is 3. The van der Waals surface area contributed by atoms with Crippen LogP contribution in [0.1, 0.15) is 18.1 Å². The Balaban J connectivity index is 3.09. The molecule has 1 aromatic rings. The molecule has 16 heavy (non-hydrogen) atoms. The van der Waals surface area contributed by atoms with Gasteiger partial charge >= 0.3 is 6.18 Å². The van der Waals surface area contributed by atoms with Crippen molar-refractivity contribution in [1.82, 2.24) is 0 Å². The number of alkyl halides is 3. The van der Waals surface area contributed by atoms with Crippen LogP contribution in [0, 0.1) is 0 Å². The summed E-state index contributed by atoms with van der Waals surface area (Å²) in [6, 6.07) is 3.61. The molecule has 0 aliphatic rings. The van der Waals surface area contributed by atoms with Crippen LogP contribution in [0.5, 0.6) is 0 Å². The number of hydrogen-bond donors (Lipinski definition) is 2. The van der Waals surface area contributed by atoms with E-state index in [9.17, 15) is 23.1 Å². The number of rotatable bonds is 2. The summed E-state index contributed by atoms with van der Waals surface area (Å²) in [6.45, 7) is 1.12. The van der Waals surface area contributed by atoms with E-state index in [-0.39, 0.29) is 5.56 Å². The lowest BCUT2D eigenvalue weighted by Crippen LogP contribution is -2.38. The number of aliphatic hydroxyl groups is 1. The van der Waals surface area contributed by atoms with Gasteiger partial charge in [0.2, 0.25) is 0 Å². The maximum atomic E-state index is 12.2. The van der Waals surface area contributed by atoms with Gasteiger partial charge in [0.15, 0.2) is 5.60 Å². The first kappa shape index (κ1) is 12.5. The summed E-state index contributed by atoms with van der Waals surface area (Å²) in [5.41, 5.74) is 2.12. The number of amides is 1. The van der Waals surface area contributed by atoms with Crippen molar-refractivity contribution in [2.75, 3.05) is 0 Å². The molecule has 0 heterocycles. The largest absolute Gasteiger partial charge is 0.416 e. The fraction of sp³-hybridized carbons (Fsp3) is 0.300. The van der Waals surface area contributed by atoms with E-state index in [0.29, 0.717) is 0 Å². The van der Waals surface area contributed by atoms with Crippen LogP contribution in [0.4, 0.5) is 13.2 Å². The van der Waals surface area contributed by atoms with Gasteiger partial charge in [-0.05, 0) is 24.6 Å². The fourth-order valence-electron chi connectivity index (χ4n) is 1.13. The molecule has 1 atom stereocenters. The van der Waals surface area contributed by atoms with Crippen molar-refractivity contribution < 1.29 is 23.1 Å². The van der Waals surface area contributed by atoms with Crippen LogP contribution in [0.15, 0.2) is 24.3 Å². The van der Waals surface area contributed by atoms with E-state index < -0.39 is 23.2 Å². The Morgan fingerprint density at radius 1 is 1.19 bits per heavy atom. The molecule has 1 rings (SSSR count). The van der Waals surface area contributed by atoms with Crippen molar-refractivity contribution in [3.8, 4) is 0 Å². The molecule has 1 unspecified atom stereocenters. The summed E-state index contributed by atoms with van der Waals surface area (Å²) in [4.78, 5) is 10.9. The van der Waals surface area contributed by atoms with Crippen molar-refractivity contribution in [3.63, 3.8) is 0 Å². The predicted molar refractivity (Wildman–Crippen MR) is 50.2 cm³/mol. The van der Waals surface area contributed by atoms with Crippen molar-refractivity contribution in [2.45, 2.75) is 18.7 Å². The molecule has 1 amide bonds. The Morgan fingerprint density at radius 3 is 1.88 bits per heavy atom. The van der Waals surface area contributed by atoms with Gasteiger partial charge in [0.1, 0.15) is 0 Å². The lowest BCUT2D eigenvalue weighted by Gasteiger charge is -2.20. The van der Waals surface area contributed by atoms with E-state index in [1.165, 1.54) is 0 Å². The molecule has 0 saturated carbocycles. The molecule has 3 N–H and O–H groups in total. The summed E-state index contributed by atoms with van der Waals surface area (Å²) < 4.78 is 36.7. The van der Waals surface area contributed by atoms with Crippen molar-refractivity contribution in [1.29, 1.82) is 0 Å². The Labute approximate surface area is 89.7 Å². The Morgan fingerprint density at radius 2 is 1.56 bits per heavy atom. The lowest BCUT2D eigenvalue weighted by atomic mass is 9.94. The van der Waals surface area contributed by atoms with Crippen molar-refractivity contribution in [3.05, 3.63) is 35.4 Å². The summed E-state index contributed by atoms with van der Waals surface area (Å²) in [7, 11) is 0. The highest BCUT2D eigenvalue weighted by atomic mass is 19.4. The van der Waals surface area contributed by atoms with E-state index in [0.717, 1.165) is 31.2 Å². The second-order valence-electron chi connectivity index (χ2n) is 3.51. The highest BCUT2D eigenvalue weighted by Crippen LogP contribution is 2.30. The maximum Gasteiger partial charge on any atom is 0.416 e. The molecule has 0 spiro atoms. The third kappa shape index (κ3) is 2.33. The van der Waals surface area contributed by atoms with E-state index >= 15 is 0 Å².